The summed E-state index contributed by atoms with van der Waals surface area (Å²) in [5, 5.41) is 12.1. The predicted octanol–water partition coefficient (Wildman–Crippen LogP) is 3.73. The van der Waals surface area contributed by atoms with Crippen molar-refractivity contribution in [1.29, 1.82) is 0 Å². The smallest absolute Gasteiger partial charge is 0.157 e. The summed E-state index contributed by atoms with van der Waals surface area (Å²) in [5.41, 5.74) is 1.00. The van der Waals surface area contributed by atoms with E-state index >= 15 is 0 Å². The maximum Gasteiger partial charge on any atom is 0.157 e. The van der Waals surface area contributed by atoms with Gasteiger partial charge in [0, 0.05) is 23.3 Å². The van der Waals surface area contributed by atoms with Gasteiger partial charge in [0.15, 0.2) is 5.75 Å². The molecule has 0 spiro atoms. The summed E-state index contributed by atoms with van der Waals surface area (Å²) in [6, 6.07) is 5.27. The average molecular weight is 311 g/mol. The van der Waals surface area contributed by atoms with E-state index in [1.165, 1.54) is 0 Å². The summed E-state index contributed by atoms with van der Waals surface area (Å²) in [6.45, 7) is 0. The van der Waals surface area contributed by atoms with Crippen LogP contribution in [0.1, 0.15) is 12.0 Å². The van der Waals surface area contributed by atoms with E-state index in [0.29, 0.717) is 16.1 Å². The van der Waals surface area contributed by atoms with Crippen LogP contribution in [-0.4, -0.2) is 15.4 Å². The fraction of sp³-hybridized carbons (Fsp3) is 0.154. The van der Waals surface area contributed by atoms with Crippen LogP contribution in [-0.2, 0) is 0 Å². The first kappa shape index (κ1) is 12.2. The van der Waals surface area contributed by atoms with E-state index in [1.54, 1.807) is 18.3 Å². The number of nitrogens with zero attached hydrogens (tertiary/aromatic N) is 1. The molecule has 1 heterocycles. The Morgan fingerprint density at radius 3 is 3.06 bits per heavy atom. The molecule has 17 heavy (non-hydrogen) atoms. The van der Waals surface area contributed by atoms with Gasteiger partial charge >= 0.3 is 0 Å². The lowest BCUT2D eigenvalue weighted by Gasteiger charge is -2.04. The van der Waals surface area contributed by atoms with Crippen LogP contribution in [0.15, 0.2) is 24.4 Å². The van der Waals surface area contributed by atoms with Crippen molar-refractivity contribution in [3.05, 3.63) is 35.0 Å². The Kier molecular flexibility index (Phi) is 3.88. The summed E-state index contributed by atoms with van der Waals surface area (Å²) in [5.74, 6) is 5.92. The molecule has 0 unspecified atom stereocenters. The van der Waals surface area contributed by atoms with Crippen molar-refractivity contribution in [3.63, 3.8) is 0 Å². The Morgan fingerprint density at radius 1 is 1.47 bits per heavy atom. The molecule has 0 aliphatic carbocycles. The second kappa shape index (κ2) is 5.39. The molecule has 0 saturated carbocycles. The molecule has 0 atom stereocenters. The van der Waals surface area contributed by atoms with Crippen molar-refractivity contribution in [3.8, 4) is 17.6 Å². The average Bonchev–Trinajstić information content (AvgIpc) is 2.36. The van der Waals surface area contributed by atoms with E-state index in [1.807, 2.05) is 6.07 Å². The minimum Gasteiger partial charge on any atom is -0.504 e. The highest BCUT2D eigenvalue weighted by Crippen LogP contribution is 2.32. The summed E-state index contributed by atoms with van der Waals surface area (Å²) >= 11 is 9.41. The zero-order valence-electron chi connectivity index (χ0n) is 8.87. The maximum atomic E-state index is 10.0. The molecule has 4 heteroatoms. The van der Waals surface area contributed by atoms with E-state index < -0.39 is 0 Å². The van der Waals surface area contributed by atoms with E-state index in [4.69, 9.17) is 11.6 Å². The monoisotopic (exact) mass is 309 g/mol. The summed E-state index contributed by atoms with van der Waals surface area (Å²) in [7, 11) is 0. The first-order chi connectivity index (χ1) is 8.24. The topological polar surface area (TPSA) is 33.1 Å². The fourth-order valence-electron chi connectivity index (χ4n) is 1.49. The van der Waals surface area contributed by atoms with Gasteiger partial charge in [-0.1, -0.05) is 39.4 Å². The normalized spacial score (nSPS) is 10.0. The van der Waals surface area contributed by atoms with Crippen molar-refractivity contribution >= 4 is 38.4 Å². The van der Waals surface area contributed by atoms with Crippen molar-refractivity contribution in [2.75, 3.05) is 5.33 Å². The molecular formula is C13H9BrClNO. The third-order valence-electron chi connectivity index (χ3n) is 2.26. The Morgan fingerprint density at radius 2 is 2.29 bits per heavy atom. The van der Waals surface area contributed by atoms with Crippen LogP contribution < -0.4 is 0 Å². The largest absolute Gasteiger partial charge is 0.504 e. The minimum absolute atomic E-state index is 0.0899. The van der Waals surface area contributed by atoms with Crippen LogP contribution >= 0.6 is 27.5 Å². The van der Waals surface area contributed by atoms with Crippen LogP contribution in [0, 0.1) is 11.8 Å². The SMILES string of the molecule is Oc1c(C#CCCBr)cc(Cl)c2cccnc12. The highest BCUT2D eigenvalue weighted by atomic mass is 79.9. The molecule has 0 fully saturated rings. The quantitative estimate of drug-likeness (QED) is 0.643. The van der Waals surface area contributed by atoms with Gasteiger partial charge in [0.1, 0.15) is 5.52 Å². The first-order valence-electron chi connectivity index (χ1n) is 5.05. The number of halogens is 2. The van der Waals surface area contributed by atoms with Gasteiger partial charge in [-0.05, 0) is 18.2 Å². The lowest BCUT2D eigenvalue weighted by molar-refractivity contribution is 0.479. The van der Waals surface area contributed by atoms with Gasteiger partial charge in [-0.2, -0.15) is 0 Å². The molecular weight excluding hydrogens is 302 g/mol. The van der Waals surface area contributed by atoms with Crippen molar-refractivity contribution in [1.82, 2.24) is 4.98 Å². The number of aromatic hydroxyl groups is 1. The van der Waals surface area contributed by atoms with E-state index in [9.17, 15) is 5.11 Å². The van der Waals surface area contributed by atoms with Gasteiger partial charge in [0.25, 0.3) is 0 Å². The fourth-order valence-corrected chi connectivity index (χ4v) is 1.95. The number of phenolic OH excluding ortho intramolecular Hbond substituents is 1. The highest BCUT2D eigenvalue weighted by molar-refractivity contribution is 9.09. The second-order valence-electron chi connectivity index (χ2n) is 3.39. The molecule has 0 bridgehead atoms. The molecule has 2 aromatic rings. The summed E-state index contributed by atoms with van der Waals surface area (Å²) in [4.78, 5) is 4.12. The molecule has 86 valence electrons. The van der Waals surface area contributed by atoms with Gasteiger partial charge in [0.05, 0.1) is 10.6 Å². The van der Waals surface area contributed by atoms with Crippen LogP contribution in [0.3, 0.4) is 0 Å². The number of alkyl halides is 1. The predicted molar refractivity (Wildman–Crippen MR) is 73.7 cm³/mol. The summed E-state index contributed by atoms with van der Waals surface area (Å²) in [6.07, 6.45) is 2.34. The first-order valence-corrected chi connectivity index (χ1v) is 6.55. The Labute approximate surface area is 113 Å². The molecule has 0 saturated heterocycles. The highest BCUT2D eigenvalue weighted by Gasteiger charge is 2.09. The number of hydrogen-bond acceptors (Lipinski definition) is 2. The van der Waals surface area contributed by atoms with E-state index in [2.05, 4.69) is 32.8 Å². The molecule has 1 aromatic heterocycles. The van der Waals surface area contributed by atoms with Gasteiger partial charge in [-0.15, -0.1) is 0 Å². The third kappa shape index (κ3) is 2.54. The standard InChI is InChI=1S/C13H9BrClNO/c14-6-2-1-4-9-8-11(15)10-5-3-7-16-12(10)13(9)17/h3,5,7-8,17H,2,6H2. The van der Waals surface area contributed by atoms with Gasteiger partial charge in [-0.3, -0.25) is 4.98 Å². The third-order valence-corrected chi connectivity index (χ3v) is 2.97. The maximum absolute atomic E-state index is 10.0. The van der Waals surface area contributed by atoms with E-state index in [0.717, 1.165) is 17.1 Å². The van der Waals surface area contributed by atoms with Crippen LogP contribution in [0.2, 0.25) is 5.02 Å². The number of aromatic nitrogens is 1. The lowest BCUT2D eigenvalue weighted by Crippen LogP contribution is -1.85. The number of hydrogen-bond donors (Lipinski definition) is 1. The van der Waals surface area contributed by atoms with Crippen molar-refractivity contribution in [2.24, 2.45) is 0 Å². The zero-order valence-corrected chi connectivity index (χ0v) is 11.2. The molecule has 2 rings (SSSR count). The Hall–Kier alpha value is -1.24. The number of pyridine rings is 1. The van der Waals surface area contributed by atoms with Crippen molar-refractivity contribution < 1.29 is 5.11 Å². The molecule has 0 amide bonds. The molecule has 2 nitrogen and oxygen atoms in total. The molecule has 1 N–H and O–H groups in total. The molecule has 0 aliphatic rings. The Balaban J connectivity index is 2.60. The number of benzene rings is 1. The van der Waals surface area contributed by atoms with Gasteiger partial charge in [-0.25, -0.2) is 0 Å². The molecule has 0 aliphatic heterocycles. The minimum atomic E-state index is 0.0899. The zero-order chi connectivity index (χ0) is 12.3. The van der Waals surface area contributed by atoms with Crippen molar-refractivity contribution in [2.45, 2.75) is 6.42 Å². The summed E-state index contributed by atoms with van der Waals surface area (Å²) < 4.78 is 0. The number of rotatable bonds is 1. The van der Waals surface area contributed by atoms with Crippen LogP contribution in [0.5, 0.6) is 5.75 Å². The molecule has 1 aromatic carbocycles. The van der Waals surface area contributed by atoms with E-state index in [-0.39, 0.29) is 5.75 Å². The Bertz CT molecular complexity index is 616. The lowest BCUT2D eigenvalue weighted by atomic mass is 10.1. The second-order valence-corrected chi connectivity index (χ2v) is 4.60. The van der Waals surface area contributed by atoms with Gasteiger partial charge < -0.3 is 5.11 Å². The van der Waals surface area contributed by atoms with Crippen LogP contribution in [0.4, 0.5) is 0 Å². The van der Waals surface area contributed by atoms with Crippen LogP contribution in [0.25, 0.3) is 10.9 Å². The number of fused-ring (bicyclic) bond motifs is 1. The molecule has 0 radical (unpaired) electrons. The number of phenols is 1. The van der Waals surface area contributed by atoms with Gasteiger partial charge in [0.2, 0.25) is 0 Å².